The van der Waals surface area contributed by atoms with E-state index < -0.39 is 0 Å². The van der Waals surface area contributed by atoms with Gasteiger partial charge in [-0.1, -0.05) is 29.8 Å². The van der Waals surface area contributed by atoms with Crippen LogP contribution in [0.5, 0.6) is 0 Å². The molecule has 118 valence electrons. The van der Waals surface area contributed by atoms with Crippen molar-refractivity contribution in [3.63, 3.8) is 0 Å². The first-order chi connectivity index (χ1) is 11.8. The third-order valence-electron chi connectivity index (χ3n) is 4.16. The molecular weight excluding hydrogens is 322 g/mol. The quantitative estimate of drug-likeness (QED) is 0.664. The summed E-state index contributed by atoms with van der Waals surface area (Å²) in [5.41, 5.74) is 3.44. The van der Waals surface area contributed by atoms with E-state index in [1.54, 1.807) is 12.1 Å². The van der Waals surface area contributed by atoms with Gasteiger partial charge in [-0.15, -0.1) is 0 Å². The molecule has 24 heavy (non-hydrogen) atoms. The van der Waals surface area contributed by atoms with Crippen LogP contribution in [0, 0.1) is 11.3 Å². The van der Waals surface area contributed by atoms with E-state index in [0.717, 1.165) is 30.6 Å². The number of halogens is 1. The lowest BCUT2D eigenvalue weighted by Gasteiger charge is -2.28. The van der Waals surface area contributed by atoms with Crippen LogP contribution in [-0.2, 0) is 6.42 Å². The second-order valence-electron chi connectivity index (χ2n) is 5.68. The van der Waals surface area contributed by atoms with Crippen LogP contribution < -0.4 is 4.90 Å². The Morgan fingerprint density at radius 1 is 1.12 bits per heavy atom. The highest BCUT2D eigenvalue weighted by atomic mass is 35.5. The van der Waals surface area contributed by atoms with Gasteiger partial charge in [0, 0.05) is 22.8 Å². The molecule has 0 amide bonds. The van der Waals surface area contributed by atoms with Gasteiger partial charge in [-0.25, -0.2) is 0 Å². The van der Waals surface area contributed by atoms with Crippen LogP contribution in [0.2, 0.25) is 5.02 Å². The number of nitrogens with zero attached hydrogens (tertiary/aromatic N) is 3. The Hall–Kier alpha value is -2.77. The Morgan fingerprint density at radius 3 is 2.71 bits per heavy atom. The number of fused-ring (bicyclic) bond motifs is 1. The number of hydrogen-bond donors (Lipinski definition) is 0. The number of aryl methyl sites for hydroxylation is 1. The second-order valence-corrected chi connectivity index (χ2v) is 6.11. The van der Waals surface area contributed by atoms with Crippen molar-refractivity contribution >= 4 is 23.2 Å². The molecule has 0 bridgehead atoms. The van der Waals surface area contributed by atoms with Gasteiger partial charge in [-0.2, -0.15) is 10.2 Å². The number of rotatable bonds is 2. The lowest BCUT2D eigenvalue weighted by atomic mass is 10.0. The lowest BCUT2D eigenvalue weighted by Crippen LogP contribution is -2.24. The molecule has 1 aliphatic heterocycles. The van der Waals surface area contributed by atoms with Crippen LogP contribution >= 0.6 is 11.6 Å². The summed E-state index contributed by atoms with van der Waals surface area (Å²) >= 11 is 5.93. The van der Waals surface area contributed by atoms with Gasteiger partial charge >= 0.3 is 0 Å². The van der Waals surface area contributed by atoms with Crippen molar-refractivity contribution in [3.05, 3.63) is 64.8 Å². The van der Waals surface area contributed by atoms with E-state index in [-0.39, 0.29) is 0 Å². The summed E-state index contributed by atoms with van der Waals surface area (Å²) in [5, 5.41) is 10.1. The summed E-state index contributed by atoms with van der Waals surface area (Å²) in [5.74, 6) is 0.941. The van der Waals surface area contributed by atoms with Gasteiger partial charge in [0.05, 0.1) is 0 Å². The predicted octanol–water partition coefficient (Wildman–Crippen LogP) is 4.95. The monoisotopic (exact) mass is 335 g/mol. The highest BCUT2D eigenvalue weighted by Gasteiger charge is 2.25. The fraction of sp³-hybridized carbons (Fsp3) is 0.158. The predicted molar refractivity (Wildman–Crippen MR) is 93.4 cm³/mol. The van der Waals surface area contributed by atoms with Gasteiger partial charge < -0.3 is 9.32 Å². The summed E-state index contributed by atoms with van der Waals surface area (Å²) in [4.78, 5) is 6.41. The maximum atomic E-state index is 9.48. The molecule has 0 N–H and O–H groups in total. The molecule has 0 saturated carbocycles. The Bertz CT molecular complexity index is 925. The van der Waals surface area contributed by atoms with Crippen LogP contribution in [-0.4, -0.2) is 11.5 Å². The number of anilines is 2. The zero-order chi connectivity index (χ0) is 16.5. The Kier molecular flexibility index (Phi) is 3.72. The van der Waals surface area contributed by atoms with Crippen molar-refractivity contribution in [3.8, 4) is 17.5 Å². The molecule has 1 aliphatic rings. The molecular formula is C19H14ClN3O. The van der Waals surface area contributed by atoms with E-state index in [0.29, 0.717) is 22.5 Å². The first-order valence-electron chi connectivity index (χ1n) is 7.78. The Labute approximate surface area is 144 Å². The SMILES string of the molecule is N#Cc1nc(-c2ccc(Cl)cc2)oc1N1CCCc2ccccc21. The van der Waals surface area contributed by atoms with Crippen LogP contribution in [0.3, 0.4) is 0 Å². The third kappa shape index (κ3) is 2.53. The number of aromatic nitrogens is 1. The maximum absolute atomic E-state index is 9.48. The van der Waals surface area contributed by atoms with Crippen molar-refractivity contribution in [2.75, 3.05) is 11.4 Å². The molecule has 0 saturated heterocycles. The number of hydrogen-bond acceptors (Lipinski definition) is 4. The molecule has 0 aliphatic carbocycles. The molecule has 2 aromatic carbocycles. The highest BCUT2D eigenvalue weighted by Crippen LogP contribution is 2.37. The van der Waals surface area contributed by atoms with E-state index in [4.69, 9.17) is 16.0 Å². The van der Waals surface area contributed by atoms with Crippen molar-refractivity contribution in [1.29, 1.82) is 5.26 Å². The molecule has 1 aromatic heterocycles. The third-order valence-corrected chi connectivity index (χ3v) is 4.41. The fourth-order valence-electron chi connectivity index (χ4n) is 3.03. The molecule has 4 nitrogen and oxygen atoms in total. The van der Waals surface area contributed by atoms with Gasteiger partial charge in [0.1, 0.15) is 6.07 Å². The van der Waals surface area contributed by atoms with Crippen LogP contribution in [0.15, 0.2) is 52.9 Å². The van der Waals surface area contributed by atoms with Crippen molar-refractivity contribution in [2.45, 2.75) is 12.8 Å². The van der Waals surface area contributed by atoms with Crippen LogP contribution in [0.25, 0.3) is 11.5 Å². The average molecular weight is 336 g/mol. The molecule has 3 aromatic rings. The van der Waals surface area contributed by atoms with Crippen LogP contribution in [0.1, 0.15) is 17.7 Å². The molecule has 2 heterocycles. The first kappa shape index (κ1) is 14.8. The topological polar surface area (TPSA) is 53.1 Å². The number of para-hydroxylation sites is 1. The summed E-state index contributed by atoms with van der Waals surface area (Å²) in [6, 6.07) is 17.6. The first-order valence-corrected chi connectivity index (χ1v) is 8.16. The molecule has 0 atom stereocenters. The van der Waals surface area contributed by atoms with Crippen molar-refractivity contribution in [1.82, 2.24) is 4.98 Å². The fourth-order valence-corrected chi connectivity index (χ4v) is 3.15. The van der Waals surface area contributed by atoms with Crippen molar-refractivity contribution < 1.29 is 4.42 Å². The maximum Gasteiger partial charge on any atom is 0.239 e. The molecule has 0 spiro atoms. The summed E-state index contributed by atoms with van der Waals surface area (Å²) in [6.07, 6.45) is 2.05. The van der Waals surface area contributed by atoms with E-state index in [9.17, 15) is 5.26 Å². The Balaban J connectivity index is 1.80. The van der Waals surface area contributed by atoms with E-state index in [1.807, 2.05) is 29.2 Å². The molecule has 0 radical (unpaired) electrons. The minimum atomic E-state index is 0.302. The van der Waals surface area contributed by atoms with Gasteiger partial charge in [0.15, 0.2) is 0 Å². The van der Waals surface area contributed by atoms with Gasteiger partial charge in [0.25, 0.3) is 0 Å². The minimum Gasteiger partial charge on any atom is -0.419 e. The smallest absolute Gasteiger partial charge is 0.239 e. The molecule has 0 fully saturated rings. The normalized spacial score (nSPS) is 13.4. The lowest BCUT2D eigenvalue weighted by molar-refractivity contribution is 0.560. The number of benzene rings is 2. The van der Waals surface area contributed by atoms with Gasteiger partial charge in [-0.05, 0) is 48.7 Å². The number of nitriles is 1. The standard InChI is InChI=1S/C19H14ClN3O/c20-15-9-7-14(8-10-15)18-22-16(12-21)19(24-18)23-11-3-5-13-4-1-2-6-17(13)23/h1-2,4,6-10H,3,5,11H2. The van der Waals surface area contributed by atoms with E-state index in [2.05, 4.69) is 23.2 Å². The summed E-state index contributed by atoms with van der Waals surface area (Å²) in [6.45, 7) is 0.806. The average Bonchev–Trinajstić information content (AvgIpc) is 3.06. The highest BCUT2D eigenvalue weighted by molar-refractivity contribution is 6.30. The zero-order valence-electron chi connectivity index (χ0n) is 12.9. The second kappa shape index (κ2) is 6.03. The minimum absolute atomic E-state index is 0.302. The summed E-state index contributed by atoms with van der Waals surface area (Å²) in [7, 11) is 0. The molecule has 5 heteroatoms. The zero-order valence-corrected chi connectivity index (χ0v) is 13.6. The Morgan fingerprint density at radius 2 is 1.92 bits per heavy atom. The van der Waals surface area contributed by atoms with E-state index in [1.165, 1.54) is 5.56 Å². The number of oxazole rings is 1. The molecule has 0 unspecified atom stereocenters. The van der Waals surface area contributed by atoms with Crippen molar-refractivity contribution in [2.24, 2.45) is 0 Å². The van der Waals surface area contributed by atoms with E-state index >= 15 is 0 Å². The van der Waals surface area contributed by atoms with Gasteiger partial charge in [0.2, 0.25) is 17.5 Å². The van der Waals surface area contributed by atoms with Crippen LogP contribution in [0.4, 0.5) is 11.6 Å². The largest absolute Gasteiger partial charge is 0.419 e. The van der Waals surface area contributed by atoms with Gasteiger partial charge in [-0.3, -0.25) is 0 Å². The summed E-state index contributed by atoms with van der Waals surface area (Å²) < 4.78 is 5.98. The molecule has 4 rings (SSSR count).